The lowest BCUT2D eigenvalue weighted by atomic mass is 10.1. The standard InChI is InChI=1S/C13H14ClNO4/c14-9-1-2-10-8(3-4-18-10)12(9)15-13(16)11-7-17-5-6-19-11/h1-2,11H,3-7H2,(H,15,16). The average molecular weight is 284 g/mol. The summed E-state index contributed by atoms with van der Waals surface area (Å²) in [5, 5.41) is 3.33. The van der Waals surface area contributed by atoms with Gasteiger partial charge in [-0.05, 0) is 12.1 Å². The minimum absolute atomic E-state index is 0.234. The van der Waals surface area contributed by atoms with E-state index in [0.29, 0.717) is 30.5 Å². The SMILES string of the molecule is O=C(Nc1c(Cl)ccc2c1CCO2)C1COCCO1. The van der Waals surface area contributed by atoms with E-state index in [1.54, 1.807) is 6.07 Å². The Morgan fingerprint density at radius 3 is 3.00 bits per heavy atom. The molecule has 1 aromatic rings. The average Bonchev–Trinajstić information content (AvgIpc) is 2.91. The Morgan fingerprint density at radius 2 is 2.21 bits per heavy atom. The Bertz CT molecular complexity index is 500. The van der Waals surface area contributed by atoms with Crippen LogP contribution >= 0.6 is 11.6 Å². The predicted octanol–water partition coefficient (Wildman–Crippen LogP) is 1.63. The third-order valence-electron chi connectivity index (χ3n) is 3.19. The molecule has 1 amide bonds. The topological polar surface area (TPSA) is 56.8 Å². The van der Waals surface area contributed by atoms with Crippen LogP contribution in [-0.2, 0) is 20.7 Å². The van der Waals surface area contributed by atoms with Gasteiger partial charge in [0.2, 0.25) is 0 Å². The minimum Gasteiger partial charge on any atom is -0.493 e. The van der Waals surface area contributed by atoms with Crippen molar-refractivity contribution in [3.8, 4) is 5.75 Å². The lowest BCUT2D eigenvalue weighted by Crippen LogP contribution is -2.39. The van der Waals surface area contributed by atoms with Gasteiger partial charge in [0, 0.05) is 12.0 Å². The molecule has 0 spiro atoms. The van der Waals surface area contributed by atoms with E-state index in [2.05, 4.69) is 5.32 Å². The van der Waals surface area contributed by atoms with Crippen LogP contribution in [0.15, 0.2) is 12.1 Å². The quantitative estimate of drug-likeness (QED) is 0.896. The maximum absolute atomic E-state index is 12.1. The van der Waals surface area contributed by atoms with Gasteiger partial charge >= 0.3 is 0 Å². The molecule has 0 aliphatic carbocycles. The molecule has 1 N–H and O–H groups in total. The Labute approximate surface area is 115 Å². The molecule has 2 aliphatic rings. The summed E-state index contributed by atoms with van der Waals surface area (Å²) < 4.78 is 16.0. The number of carbonyl (C=O) groups excluding carboxylic acids is 1. The number of hydrogen-bond donors (Lipinski definition) is 1. The molecule has 0 saturated carbocycles. The number of ether oxygens (including phenoxy) is 3. The number of halogens is 1. The largest absolute Gasteiger partial charge is 0.493 e. The molecule has 1 atom stereocenters. The molecule has 0 radical (unpaired) electrons. The van der Waals surface area contributed by atoms with E-state index < -0.39 is 6.10 Å². The molecule has 3 rings (SSSR count). The maximum Gasteiger partial charge on any atom is 0.255 e. The number of fused-ring (bicyclic) bond motifs is 1. The van der Waals surface area contributed by atoms with E-state index in [0.717, 1.165) is 17.7 Å². The number of amides is 1. The van der Waals surface area contributed by atoms with Gasteiger partial charge in [-0.2, -0.15) is 0 Å². The molecule has 2 heterocycles. The zero-order valence-corrected chi connectivity index (χ0v) is 11.0. The van der Waals surface area contributed by atoms with Gasteiger partial charge in [-0.25, -0.2) is 0 Å². The second kappa shape index (κ2) is 5.36. The van der Waals surface area contributed by atoms with Crippen molar-refractivity contribution in [2.45, 2.75) is 12.5 Å². The van der Waals surface area contributed by atoms with Crippen LogP contribution in [0.4, 0.5) is 5.69 Å². The molecule has 5 nitrogen and oxygen atoms in total. The van der Waals surface area contributed by atoms with Gasteiger partial charge in [-0.3, -0.25) is 4.79 Å². The molecular formula is C13H14ClNO4. The van der Waals surface area contributed by atoms with Crippen molar-refractivity contribution < 1.29 is 19.0 Å². The van der Waals surface area contributed by atoms with Gasteiger partial charge in [0.15, 0.2) is 6.10 Å². The van der Waals surface area contributed by atoms with E-state index in [9.17, 15) is 4.79 Å². The van der Waals surface area contributed by atoms with Crippen molar-refractivity contribution in [3.63, 3.8) is 0 Å². The number of hydrogen-bond acceptors (Lipinski definition) is 4. The van der Waals surface area contributed by atoms with Crippen LogP contribution in [0.3, 0.4) is 0 Å². The van der Waals surface area contributed by atoms with Crippen LogP contribution in [0, 0.1) is 0 Å². The molecule has 102 valence electrons. The van der Waals surface area contributed by atoms with Gasteiger partial charge in [-0.15, -0.1) is 0 Å². The molecule has 1 aromatic carbocycles. The van der Waals surface area contributed by atoms with Crippen molar-refractivity contribution in [1.29, 1.82) is 0 Å². The van der Waals surface area contributed by atoms with Crippen LogP contribution in [-0.4, -0.2) is 38.4 Å². The molecule has 1 unspecified atom stereocenters. The van der Waals surface area contributed by atoms with Crippen molar-refractivity contribution in [2.75, 3.05) is 31.7 Å². The van der Waals surface area contributed by atoms with Gasteiger partial charge in [0.25, 0.3) is 5.91 Å². The van der Waals surface area contributed by atoms with E-state index in [1.807, 2.05) is 6.07 Å². The summed E-state index contributed by atoms with van der Waals surface area (Å²) in [5.41, 5.74) is 1.56. The lowest BCUT2D eigenvalue weighted by Gasteiger charge is -2.22. The van der Waals surface area contributed by atoms with Crippen LogP contribution in [0.5, 0.6) is 5.75 Å². The second-order valence-electron chi connectivity index (χ2n) is 4.42. The molecule has 0 aromatic heterocycles. The van der Waals surface area contributed by atoms with Crippen molar-refractivity contribution in [1.82, 2.24) is 0 Å². The molecule has 1 fully saturated rings. The molecule has 19 heavy (non-hydrogen) atoms. The Hall–Kier alpha value is -1.30. The van der Waals surface area contributed by atoms with Crippen LogP contribution < -0.4 is 10.1 Å². The fourth-order valence-corrected chi connectivity index (χ4v) is 2.45. The van der Waals surface area contributed by atoms with Crippen molar-refractivity contribution in [3.05, 3.63) is 22.7 Å². The molecular weight excluding hydrogens is 270 g/mol. The van der Waals surface area contributed by atoms with E-state index in [4.69, 9.17) is 25.8 Å². The summed E-state index contributed by atoms with van der Waals surface area (Å²) in [6.07, 6.45) is 0.163. The Morgan fingerprint density at radius 1 is 1.32 bits per heavy atom. The zero-order chi connectivity index (χ0) is 13.2. The maximum atomic E-state index is 12.1. The van der Waals surface area contributed by atoms with Gasteiger partial charge in [0.1, 0.15) is 5.75 Å². The van der Waals surface area contributed by atoms with Crippen LogP contribution in [0.25, 0.3) is 0 Å². The monoisotopic (exact) mass is 283 g/mol. The Balaban J connectivity index is 1.79. The van der Waals surface area contributed by atoms with Crippen LogP contribution in [0.1, 0.15) is 5.56 Å². The summed E-state index contributed by atoms with van der Waals surface area (Å²) in [4.78, 5) is 12.1. The summed E-state index contributed by atoms with van der Waals surface area (Å²) in [5.74, 6) is 0.544. The number of anilines is 1. The number of carbonyl (C=O) groups is 1. The highest BCUT2D eigenvalue weighted by atomic mass is 35.5. The highest BCUT2D eigenvalue weighted by Crippen LogP contribution is 2.37. The minimum atomic E-state index is -0.581. The molecule has 0 bridgehead atoms. The zero-order valence-electron chi connectivity index (χ0n) is 10.3. The molecule has 2 aliphatic heterocycles. The first kappa shape index (κ1) is 12.7. The fourth-order valence-electron chi connectivity index (χ4n) is 2.22. The van der Waals surface area contributed by atoms with E-state index >= 15 is 0 Å². The lowest BCUT2D eigenvalue weighted by molar-refractivity contribution is -0.142. The number of nitrogens with one attached hydrogen (secondary N) is 1. The van der Waals surface area contributed by atoms with Gasteiger partial charge < -0.3 is 19.5 Å². The van der Waals surface area contributed by atoms with Gasteiger partial charge in [0.05, 0.1) is 37.1 Å². The smallest absolute Gasteiger partial charge is 0.255 e. The number of benzene rings is 1. The Kier molecular flexibility index (Phi) is 3.59. The number of rotatable bonds is 2. The van der Waals surface area contributed by atoms with Crippen LogP contribution in [0.2, 0.25) is 5.02 Å². The highest BCUT2D eigenvalue weighted by molar-refractivity contribution is 6.34. The summed E-state index contributed by atoms with van der Waals surface area (Å²) in [7, 11) is 0. The van der Waals surface area contributed by atoms with E-state index in [1.165, 1.54) is 0 Å². The third kappa shape index (κ3) is 2.54. The molecule has 6 heteroatoms. The van der Waals surface area contributed by atoms with E-state index in [-0.39, 0.29) is 12.5 Å². The summed E-state index contributed by atoms with van der Waals surface area (Å²) >= 11 is 6.15. The predicted molar refractivity (Wildman–Crippen MR) is 69.8 cm³/mol. The third-order valence-corrected chi connectivity index (χ3v) is 3.50. The first-order chi connectivity index (χ1) is 9.25. The first-order valence-electron chi connectivity index (χ1n) is 6.20. The summed E-state index contributed by atoms with van der Waals surface area (Å²) in [6.45, 7) is 1.84. The normalized spacial score (nSPS) is 21.6. The summed E-state index contributed by atoms with van der Waals surface area (Å²) in [6, 6.07) is 3.54. The first-order valence-corrected chi connectivity index (χ1v) is 6.58. The molecule has 1 saturated heterocycles. The van der Waals surface area contributed by atoms with Gasteiger partial charge in [-0.1, -0.05) is 11.6 Å². The van der Waals surface area contributed by atoms with Crippen molar-refractivity contribution >= 4 is 23.2 Å². The van der Waals surface area contributed by atoms with Crippen molar-refractivity contribution in [2.24, 2.45) is 0 Å². The fraction of sp³-hybridized carbons (Fsp3) is 0.462. The highest BCUT2D eigenvalue weighted by Gasteiger charge is 2.26. The second-order valence-corrected chi connectivity index (χ2v) is 4.83.